The van der Waals surface area contributed by atoms with E-state index in [1.807, 2.05) is 9.44 Å². The summed E-state index contributed by atoms with van der Waals surface area (Å²) in [7, 11) is -18.1. The highest BCUT2D eigenvalue weighted by molar-refractivity contribution is 8.38. The second kappa shape index (κ2) is 48.1. The van der Waals surface area contributed by atoms with Crippen molar-refractivity contribution in [3.8, 4) is 0 Å². The van der Waals surface area contributed by atoms with E-state index in [1.54, 1.807) is 83.2 Å². The van der Waals surface area contributed by atoms with Crippen LogP contribution in [0.25, 0.3) is 0 Å². The van der Waals surface area contributed by atoms with Crippen LogP contribution >= 0.6 is 58.3 Å². The maximum atomic E-state index is 12.9. The van der Waals surface area contributed by atoms with Crippen molar-refractivity contribution in [2.24, 2.45) is 46.7 Å². The van der Waals surface area contributed by atoms with Gasteiger partial charge in [-0.15, -0.1) is 27.9 Å². The number of benzene rings is 2. The topological polar surface area (TPSA) is 672 Å². The number of ether oxygens (including phenoxy) is 4. The van der Waals surface area contributed by atoms with Crippen molar-refractivity contribution in [3.05, 3.63) is 67.7 Å². The van der Waals surface area contributed by atoms with Gasteiger partial charge in [-0.3, -0.25) is 48.2 Å². The molecule has 0 spiro atoms. The molecule has 4 atom stereocenters. The molecular formula is C56H94Cl3N17O26S8. The number of primary sulfonamides is 1. The molecule has 1 aliphatic heterocycles. The Balaban J connectivity index is -0.00000136. The molecule has 0 fully saturated rings. The third kappa shape index (κ3) is 54.7. The number of sulfonamides is 6. The van der Waals surface area contributed by atoms with Gasteiger partial charge in [0.05, 0.1) is 93.5 Å². The molecule has 1 aliphatic rings. The van der Waals surface area contributed by atoms with E-state index in [9.17, 15) is 94.0 Å². The SMILES string of the molecule is CC(=NC[C@H](NC(=O)OC(C)(C)C)C(=O)O)NS(C)(=O)=O.COC(=O)[C@@H](N)CN=C(N)NS(C)(=O)=O.COC(=O)[C@H](CN=C(C)NS(C)(=O)=O)NC(=O)OC(C)(C)C.CS(=O)(=O)NC(N)=NC[C@H](NC(=O)c1c(Cl)cc2c(c1Cl)CCN(C(=O)c1ccc(Cl)cc1)C2)C(=O)O.CS(N)(=O)=O.CSC(=NS(C)(=O)=O)SC. The lowest BCUT2D eigenvalue weighted by Gasteiger charge is -2.30. The molecule has 54 heteroatoms. The van der Waals surface area contributed by atoms with Gasteiger partial charge in [-0.05, 0) is 116 Å². The number of carboxylic acid groups (broad SMARTS) is 2. The number of alkyl carbamates (subject to hydrolysis) is 2. The highest BCUT2D eigenvalue weighted by Gasteiger charge is 2.31. The lowest BCUT2D eigenvalue weighted by atomic mass is 9.96. The molecule has 2 aromatic carbocycles. The Labute approximate surface area is 662 Å². The lowest BCUT2D eigenvalue weighted by Crippen LogP contribution is -2.46. The van der Waals surface area contributed by atoms with Crippen LogP contribution in [0.3, 0.4) is 0 Å². The van der Waals surface area contributed by atoms with Gasteiger partial charge in [0.25, 0.3) is 21.8 Å². The fourth-order valence-corrected chi connectivity index (χ4v) is 12.4. The number of carbonyl (C=O) groups is 8. The number of nitrogens with one attached hydrogen (secondary N) is 7. The fourth-order valence-electron chi connectivity index (χ4n) is 7.04. The van der Waals surface area contributed by atoms with E-state index >= 15 is 0 Å². The number of amides is 4. The number of nitrogens with zero attached hydrogens (tertiary/aromatic N) is 6. The first-order chi connectivity index (χ1) is 49.7. The second-order valence-electron chi connectivity index (χ2n) is 24.1. The summed E-state index contributed by atoms with van der Waals surface area (Å²) in [6.07, 6.45) is 7.95. The third-order valence-electron chi connectivity index (χ3n) is 11.0. The van der Waals surface area contributed by atoms with Crippen molar-refractivity contribution >= 4 is 194 Å². The van der Waals surface area contributed by atoms with Crippen molar-refractivity contribution in [2.45, 2.75) is 104 Å². The summed E-state index contributed by atoms with van der Waals surface area (Å²) in [5.74, 6) is -5.93. The van der Waals surface area contributed by atoms with Gasteiger partial charge in [-0.1, -0.05) is 34.8 Å². The molecule has 4 amide bonds. The monoisotopic (exact) mass is 1780 g/mol. The average Bonchev–Trinajstić information content (AvgIpc) is 0.773. The number of esters is 2. The number of halogens is 3. The molecule has 110 heavy (non-hydrogen) atoms. The minimum absolute atomic E-state index is 0.0229. The number of fused-ring (bicyclic) bond motifs is 1. The molecule has 0 saturated heterocycles. The van der Waals surface area contributed by atoms with Crippen LogP contribution in [-0.4, -0.2) is 274 Å². The number of nitrogens with two attached hydrogens (primary N) is 4. The predicted octanol–water partition coefficient (Wildman–Crippen LogP) is -0.872. The summed E-state index contributed by atoms with van der Waals surface area (Å²) < 4.78 is 159. The number of thioether (sulfide) groups is 2. The smallest absolute Gasteiger partial charge is 0.408 e. The van der Waals surface area contributed by atoms with Crippen LogP contribution in [0.2, 0.25) is 15.1 Å². The number of aliphatic imine (C=N–C) groups is 4. The number of aliphatic carboxylic acids is 2. The lowest BCUT2D eigenvalue weighted by molar-refractivity contribution is -0.143. The number of methoxy groups -OCH3 is 2. The molecule has 0 bridgehead atoms. The second-order valence-corrected chi connectivity index (χ2v) is 37.4. The Hall–Kier alpha value is -7.86. The normalized spacial score (nSPS) is 13.9. The molecule has 628 valence electrons. The van der Waals surface area contributed by atoms with Crippen LogP contribution in [-0.2, 0) is 111 Å². The molecule has 43 nitrogen and oxygen atoms in total. The maximum absolute atomic E-state index is 12.9. The van der Waals surface area contributed by atoms with E-state index in [0.717, 1.165) is 44.6 Å². The third-order valence-corrected chi connectivity index (χ3v) is 17.1. The van der Waals surface area contributed by atoms with Crippen molar-refractivity contribution in [2.75, 3.05) is 97.0 Å². The van der Waals surface area contributed by atoms with E-state index in [2.05, 4.69) is 64.4 Å². The molecule has 0 unspecified atom stereocenters. The molecule has 0 radical (unpaired) electrons. The molecule has 1 heterocycles. The highest BCUT2D eigenvalue weighted by Crippen LogP contribution is 2.35. The quantitative estimate of drug-likeness (QED) is 0.0295. The van der Waals surface area contributed by atoms with Crippen molar-refractivity contribution in [3.63, 3.8) is 0 Å². The summed E-state index contributed by atoms with van der Waals surface area (Å²) >= 11 is 21.4. The fraction of sp³-hybridized carbons (Fsp3) is 0.554. The van der Waals surface area contributed by atoms with E-state index in [-0.39, 0.29) is 65.3 Å². The number of carboxylic acids is 2. The summed E-state index contributed by atoms with van der Waals surface area (Å²) in [6, 6.07) is 3.09. The Bertz CT molecular complexity index is 4400. The van der Waals surface area contributed by atoms with E-state index < -0.39 is 150 Å². The Morgan fingerprint density at radius 3 is 1.32 bits per heavy atom. The van der Waals surface area contributed by atoms with Crippen LogP contribution in [0.15, 0.2) is 54.7 Å². The van der Waals surface area contributed by atoms with Gasteiger partial charge in [0.1, 0.15) is 51.4 Å². The number of hydrogen-bond acceptors (Lipinski definition) is 31. The Morgan fingerprint density at radius 1 is 0.591 bits per heavy atom. The van der Waals surface area contributed by atoms with Gasteiger partial charge in [0.2, 0.25) is 62.0 Å². The molecule has 17 N–H and O–H groups in total. The van der Waals surface area contributed by atoms with Crippen molar-refractivity contribution in [1.82, 2.24) is 39.7 Å². The zero-order chi connectivity index (χ0) is 86.6. The van der Waals surface area contributed by atoms with Crippen LogP contribution in [0, 0.1) is 0 Å². The Morgan fingerprint density at radius 2 is 0.964 bits per heavy atom. The average molecular weight is 1780 g/mol. The van der Waals surface area contributed by atoms with Crippen LogP contribution in [0.4, 0.5) is 9.59 Å². The minimum Gasteiger partial charge on any atom is -0.480 e. The first-order valence-electron chi connectivity index (χ1n) is 30.3. The first kappa shape index (κ1) is 106. The van der Waals surface area contributed by atoms with Gasteiger partial charge < -0.3 is 67.2 Å². The largest absolute Gasteiger partial charge is 0.480 e. The van der Waals surface area contributed by atoms with Gasteiger partial charge in [0.15, 0.2) is 0 Å². The zero-order valence-electron chi connectivity index (χ0n) is 62.7. The van der Waals surface area contributed by atoms with Crippen molar-refractivity contribution < 1.29 is 118 Å². The molecule has 0 saturated carbocycles. The number of guanidine groups is 2. The number of rotatable bonds is 22. The summed E-state index contributed by atoms with van der Waals surface area (Å²) in [5.41, 5.74) is 16.1. The standard InChI is InChI=1S/C22H22Cl3N5O6S.C12H23N3O6S.C11H21N3O6S.C6H14N4O4S.C4H9NO2S3.CH5NO2S/c1-37(35,36)29-22(26)27-9-16(21(33)34)28-19(31)17-15(24)8-12-10-30(7-6-14(12)18(17)25)20(32)11-2-4-13(23)5-3-11;1-8(15-22(6,18)19)13-7-9(10(16)20-5)14-11(17)21-12(2,3)4;1-7(14-21(5,18)19)12-6-8(9(15)16)13-10(17)20-11(2,3)4;1-14-5(11)4(7)3-9-6(8)10-15(2,12)13;1-8-4(9-2)5-10(3,6)7;1-5(2,3)4/h2-5,8,16H,6-7,9-10H2,1H3,(H,28,31)(H,33,34)(H3,26,27,29);9H,7H2,1-6H3,(H,13,15)(H,14,17);8H,6H2,1-5H3,(H,12,14)(H,13,17)(H,15,16);4H,3,7H2,1-2H3,(H3,8,9,10);1-3H3;1H3,(H2,2,3,4)/t16-;9-;8-;4-;;/m0000../s1. The molecule has 0 aromatic heterocycles. The summed E-state index contributed by atoms with van der Waals surface area (Å²) in [5, 5.41) is 30.0. The summed E-state index contributed by atoms with van der Waals surface area (Å²) in [4.78, 5) is 110. The molecular weight excluding hydrogens is 1690 g/mol. The first-order valence-corrected chi connectivity index (χ1v) is 45.2. The van der Waals surface area contributed by atoms with Crippen LogP contribution < -0.4 is 57.2 Å². The maximum Gasteiger partial charge on any atom is 0.408 e. The van der Waals surface area contributed by atoms with Gasteiger partial charge in [-0.2, -0.15) is 0 Å². The van der Waals surface area contributed by atoms with E-state index in [1.165, 1.54) is 50.5 Å². The van der Waals surface area contributed by atoms with Gasteiger partial charge in [0, 0.05) is 23.7 Å². The highest BCUT2D eigenvalue weighted by atomic mass is 35.5. The van der Waals surface area contributed by atoms with Crippen LogP contribution in [0.1, 0.15) is 87.2 Å². The number of hydrogen-bond donors (Lipinski definition) is 13. The van der Waals surface area contributed by atoms with Crippen molar-refractivity contribution in [1.29, 1.82) is 0 Å². The predicted molar refractivity (Wildman–Crippen MR) is 420 cm³/mol. The number of carbonyl (C=O) groups excluding carboxylic acids is 6. The van der Waals surface area contributed by atoms with Crippen LogP contribution in [0.5, 0.6) is 0 Å². The minimum atomic E-state index is -3.71. The Kier molecular flexibility index (Phi) is 46.5. The molecule has 0 aliphatic carbocycles. The van der Waals surface area contributed by atoms with Gasteiger partial charge in [-0.25, -0.2) is 84.6 Å². The molecule has 2 aromatic rings. The zero-order valence-corrected chi connectivity index (χ0v) is 71.5. The van der Waals surface area contributed by atoms with E-state index in [4.69, 9.17) is 66.6 Å². The number of amidine groups is 2. The summed E-state index contributed by atoms with van der Waals surface area (Å²) in [6.45, 7) is 12.0. The van der Waals surface area contributed by atoms with Gasteiger partial charge >= 0.3 is 36.1 Å². The molecule has 3 rings (SSSR count). The van der Waals surface area contributed by atoms with E-state index in [0.29, 0.717) is 39.1 Å².